The van der Waals surface area contributed by atoms with Crippen LogP contribution in [0.2, 0.25) is 0 Å². The molecule has 33 heavy (non-hydrogen) atoms. The van der Waals surface area contributed by atoms with Gasteiger partial charge in [0.15, 0.2) is 0 Å². The van der Waals surface area contributed by atoms with Gasteiger partial charge in [0.05, 0.1) is 12.1 Å². The van der Waals surface area contributed by atoms with E-state index in [2.05, 4.69) is 9.97 Å². The van der Waals surface area contributed by atoms with Gasteiger partial charge in [-0.15, -0.1) is 0 Å². The van der Waals surface area contributed by atoms with E-state index in [1.807, 2.05) is 15.9 Å². The molecule has 2 aromatic heterocycles. The maximum Gasteiger partial charge on any atom is 0.421 e. The molecule has 4 heterocycles. The molecule has 0 bridgehead atoms. The summed E-state index contributed by atoms with van der Waals surface area (Å²) in [6.07, 6.45) is -0.520. The number of rotatable bonds is 4. The summed E-state index contributed by atoms with van der Waals surface area (Å²) in [6.45, 7) is 2.93. The smallest absolute Gasteiger partial charge is 0.353 e. The summed E-state index contributed by atoms with van der Waals surface area (Å²) in [5.74, 6) is 0.675. The van der Waals surface area contributed by atoms with Gasteiger partial charge in [-0.05, 0) is 43.1 Å². The second-order valence-electron chi connectivity index (χ2n) is 8.19. The fourth-order valence-electron chi connectivity index (χ4n) is 4.39. The van der Waals surface area contributed by atoms with Crippen molar-refractivity contribution in [1.29, 1.82) is 5.26 Å². The molecular weight excluding hydrogens is 437 g/mol. The number of nitrogens with one attached hydrogen (secondary N) is 1. The highest BCUT2D eigenvalue weighted by atomic mass is 19.4. The van der Waals surface area contributed by atoms with Crippen molar-refractivity contribution in [3.63, 3.8) is 0 Å². The van der Waals surface area contributed by atoms with Crippen molar-refractivity contribution in [3.8, 4) is 6.07 Å². The summed E-state index contributed by atoms with van der Waals surface area (Å²) in [7, 11) is 0. The lowest BCUT2D eigenvalue weighted by Crippen LogP contribution is -2.51. The molecule has 2 fully saturated rings. The average Bonchev–Trinajstić information content (AvgIpc) is 3.27. The van der Waals surface area contributed by atoms with Gasteiger partial charge in [0.25, 0.3) is 5.56 Å². The van der Waals surface area contributed by atoms with Crippen molar-refractivity contribution in [2.75, 3.05) is 44.2 Å². The maximum atomic E-state index is 13.1. The van der Waals surface area contributed by atoms with E-state index < -0.39 is 17.3 Å². The number of pyridine rings is 2. The van der Waals surface area contributed by atoms with E-state index in [0.717, 1.165) is 18.3 Å². The summed E-state index contributed by atoms with van der Waals surface area (Å²) < 4.78 is 39.4. The van der Waals surface area contributed by atoms with Crippen LogP contribution in [0.1, 0.15) is 35.6 Å². The molecule has 2 aliphatic rings. The fourth-order valence-corrected chi connectivity index (χ4v) is 4.39. The number of alkyl halides is 3. The Morgan fingerprint density at radius 2 is 1.97 bits per heavy atom. The van der Waals surface area contributed by atoms with E-state index in [4.69, 9.17) is 5.26 Å². The monoisotopic (exact) mass is 460 g/mol. The van der Waals surface area contributed by atoms with Gasteiger partial charge in [0.1, 0.15) is 17.5 Å². The number of piperazine rings is 1. The summed E-state index contributed by atoms with van der Waals surface area (Å²) >= 11 is 0. The summed E-state index contributed by atoms with van der Waals surface area (Å²) in [5.41, 5.74) is -1.53. The van der Waals surface area contributed by atoms with Gasteiger partial charge in [-0.1, -0.05) is 0 Å². The third-order valence-corrected chi connectivity index (χ3v) is 6.15. The van der Waals surface area contributed by atoms with Gasteiger partial charge in [0.2, 0.25) is 5.91 Å². The fraction of sp³-hybridized carbons (Fsp3) is 0.455. The Hall–Kier alpha value is -3.39. The Kier molecular flexibility index (Phi) is 6.37. The highest BCUT2D eigenvalue weighted by Gasteiger charge is 2.36. The van der Waals surface area contributed by atoms with Crippen LogP contribution >= 0.6 is 0 Å². The number of hydrogen-bond acceptors (Lipinski definition) is 6. The molecule has 2 aromatic rings. The number of nitrogens with zero attached hydrogens (tertiary/aromatic N) is 5. The topological polar surface area (TPSA) is 96.3 Å². The number of aromatic amines is 1. The third-order valence-electron chi connectivity index (χ3n) is 6.15. The second-order valence-corrected chi connectivity index (χ2v) is 8.19. The largest absolute Gasteiger partial charge is 0.421 e. The van der Waals surface area contributed by atoms with Crippen molar-refractivity contribution in [1.82, 2.24) is 19.8 Å². The number of carbonyl (C=O) groups is 1. The molecule has 11 heteroatoms. The lowest BCUT2D eigenvalue weighted by Gasteiger charge is -2.36. The molecule has 1 atom stereocenters. The van der Waals surface area contributed by atoms with Crippen molar-refractivity contribution in [3.05, 3.63) is 57.6 Å². The van der Waals surface area contributed by atoms with Gasteiger partial charge in [-0.3, -0.25) is 14.5 Å². The summed E-state index contributed by atoms with van der Waals surface area (Å²) in [5, 5.41) is 8.89. The van der Waals surface area contributed by atoms with Gasteiger partial charge in [-0.25, -0.2) is 4.98 Å². The van der Waals surface area contributed by atoms with Crippen LogP contribution in [0.5, 0.6) is 0 Å². The number of nitriles is 1. The number of H-pyrrole nitrogens is 1. The molecule has 0 spiro atoms. The first-order chi connectivity index (χ1) is 15.8. The minimum absolute atomic E-state index is 0.0743. The molecule has 8 nitrogen and oxygen atoms in total. The van der Waals surface area contributed by atoms with E-state index >= 15 is 0 Å². The lowest BCUT2D eigenvalue weighted by atomic mass is 10.0. The molecule has 174 valence electrons. The zero-order chi connectivity index (χ0) is 23.6. The molecule has 0 radical (unpaired) electrons. The molecule has 2 aliphatic heterocycles. The molecule has 0 aliphatic carbocycles. The van der Waals surface area contributed by atoms with Crippen molar-refractivity contribution in [2.45, 2.75) is 25.1 Å². The van der Waals surface area contributed by atoms with Gasteiger partial charge >= 0.3 is 6.18 Å². The Morgan fingerprint density at radius 3 is 2.61 bits per heavy atom. The van der Waals surface area contributed by atoms with E-state index in [1.165, 1.54) is 12.4 Å². The van der Waals surface area contributed by atoms with Crippen molar-refractivity contribution in [2.24, 2.45) is 0 Å². The Bertz CT molecular complexity index is 1100. The summed E-state index contributed by atoms with van der Waals surface area (Å²) in [6, 6.07) is 6.06. The zero-order valence-corrected chi connectivity index (χ0v) is 17.8. The predicted molar refractivity (Wildman–Crippen MR) is 113 cm³/mol. The molecule has 2 saturated heterocycles. The Balaban J connectivity index is 1.37. The number of carbonyl (C=O) groups excluding carboxylic acids is 1. The number of anilines is 1. The Labute approximate surface area is 188 Å². The SMILES string of the molecule is N#Cc1ccc(N2CCN(C(=O)CN3CCCC3c3c[nH]c(=O)c(C(F)(F)F)c3)CC2)nc1. The molecule has 1 amide bonds. The molecule has 1 N–H and O–H groups in total. The van der Waals surface area contributed by atoms with Crippen molar-refractivity contribution < 1.29 is 18.0 Å². The second kappa shape index (κ2) is 9.23. The van der Waals surface area contributed by atoms with Crippen LogP contribution in [-0.2, 0) is 11.0 Å². The van der Waals surface area contributed by atoms with Crippen LogP contribution in [0.4, 0.5) is 19.0 Å². The van der Waals surface area contributed by atoms with Gasteiger partial charge < -0.3 is 14.8 Å². The normalized spacial score (nSPS) is 19.5. The minimum atomic E-state index is -4.73. The summed E-state index contributed by atoms with van der Waals surface area (Å²) in [4.78, 5) is 36.7. The molecule has 0 saturated carbocycles. The van der Waals surface area contributed by atoms with Crippen LogP contribution in [0.3, 0.4) is 0 Å². The van der Waals surface area contributed by atoms with Crippen LogP contribution < -0.4 is 10.5 Å². The number of likely N-dealkylation sites (tertiary alicyclic amines) is 1. The Morgan fingerprint density at radius 1 is 1.21 bits per heavy atom. The minimum Gasteiger partial charge on any atom is -0.353 e. The highest BCUT2D eigenvalue weighted by Crippen LogP contribution is 2.34. The third kappa shape index (κ3) is 5.01. The molecule has 4 rings (SSSR count). The van der Waals surface area contributed by atoms with Crippen LogP contribution in [-0.4, -0.2) is 64.9 Å². The number of amides is 1. The number of hydrogen-bond donors (Lipinski definition) is 1. The van der Waals surface area contributed by atoms with E-state index in [1.54, 1.807) is 17.0 Å². The first kappa shape index (κ1) is 22.8. The molecule has 1 unspecified atom stereocenters. The molecule has 0 aromatic carbocycles. The molecular formula is C22H23F3N6O2. The van der Waals surface area contributed by atoms with E-state index in [9.17, 15) is 22.8 Å². The zero-order valence-electron chi connectivity index (χ0n) is 17.8. The first-order valence-electron chi connectivity index (χ1n) is 10.7. The van der Waals surface area contributed by atoms with Crippen LogP contribution in [0.15, 0.2) is 35.4 Å². The first-order valence-corrected chi connectivity index (χ1v) is 10.7. The predicted octanol–water partition coefficient (Wildman–Crippen LogP) is 2.15. The standard InChI is InChI=1S/C22H23F3N6O2/c23-22(24,25)17-10-16(13-28-21(17)33)18-2-1-5-31(18)14-20(32)30-8-6-29(7-9-30)19-4-3-15(11-26)12-27-19/h3-4,10,12-13,18H,1-2,5-9,14H2,(H,28,33). The van der Waals surface area contributed by atoms with E-state index in [0.29, 0.717) is 50.3 Å². The van der Waals surface area contributed by atoms with Crippen LogP contribution in [0, 0.1) is 11.3 Å². The van der Waals surface area contributed by atoms with Crippen LogP contribution in [0.25, 0.3) is 0 Å². The number of halogens is 3. The van der Waals surface area contributed by atoms with Gasteiger partial charge in [-0.2, -0.15) is 18.4 Å². The lowest BCUT2D eigenvalue weighted by molar-refractivity contribution is -0.139. The van der Waals surface area contributed by atoms with Gasteiger partial charge in [0, 0.05) is 44.6 Å². The quantitative estimate of drug-likeness (QED) is 0.751. The van der Waals surface area contributed by atoms with E-state index in [-0.39, 0.29) is 18.5 Å². The highest BCUT2D eigenvalue weighted by molar-refractivity contribution is 5.78. The average molecular weight is 460 g/mol. The van der Waals surface area contributed by atoms with Crippen molar-refractivity contribution >= 4 is 11.7 Å². The number of aromatic nitrogens is 2. The maximum absolute atomic E-state index is 13.1.